The van der Waals surface area contributed by atoms with Crippen LogP contribution in [0.2, 0.25) is 0 Å². The molecule has 1 rings (SSSR count). The highest BCUT2D eigenvalue weighted by Crippen LogP contribution is 2.31. The van der Waals surface area contributed by atoms with Gasteiger partial charge in [-0.3, -0.25) is 4.90 Å². The molecular weight excluding hydrogens is 298 g/mol. The summed E-state index contributed by atoms with van der Waals surface area (Å²) in [5.74, 6) is 0.392. The first kappa shape index (κ1) is 15.0. The van der Waals surface area contributed by atoms with E-state index in [1.54, 1.807) is 14.0 Å². The van der Waals surface area contributed by atoms with Crippen molar-refractivity contribution in [2.24, 2.45) is 0 Å². The first-order valence-electron chi connectivity index (χ1n) is 5.67. The van der Waals surface area contributed by atoms with Gasteiger partial charge >= 0.3 is 5.97 Å². The molecule has 0 amide bonds. The van der Waals surface area contributed by atoms with Gasteiger partial charge in [-0.05, 0) is 39.2 Å². The van der Waals surface area contributed by atoms with Gasteiger partial charge in [0.1, 0.15) is 11.8 Å². The Bertz CT molecular complexity index is 421. The van der Waals surface area contributed by atoms with E-state index in [1.807, 2.05) is 37.2 Å². The third kappa shape index (κ3) is 3.46. The number of carbonyl (C=O) groups is 1. The monoisotopic (exact) mass is 315 g/mol. The van der Waals surface area contributed by atoms with E-state index in [1.165, 1.54) is 0 Å². The van der Waals surface area contributed by atoms with E-state index in [0.717, 1.165) is 10.0 Å². The minimum absolute atomic E-state index is 0.279. The van der Waals surface area contributed by atoms with Crippen molar-refractivity contribution in [1.29, 1.82) is 0 Å². The smallest absolute Gasteiger partial charge is 0.328 e. The molecule has 0 radical (unpaired) electrons. The fraction of sp³-hybridized carbons (Fsp3) is 0.462. The molecular formula is C13H18BrNO3. The van der Waals surface area contributed by atoms with Crippen molar-refractivity contribution in [2.45, 2.75) is 13.0 Å². The van der Waals surface area contributed by atoms with Gasteiger partial charge in [0.2, 0.25) is 0 Å². The lowest BCUT2D eigenvalue weighted by Gasteiger charge is -2.24. The minimum Gasteiger partial charge on any atom is -0.496 e. The molecule has 0 aromatic heterocycles. The van der Waals surface area contributed by atoms with Gasteiger partial charge in [-0.25, -0.2) is 4.79 Å². The van der Waals surface area contributed by atoms with Gasteiger partial charge in [0.25, 0.3) is 0 Å². The fourth-order valence-electron chi connectivity index (χ4n) is 1.76. The Labute approximate surface area is 116 Å². The molecule has 18 heavy (non-hydrogen) atoms. The summed E-state index contributed by atoms with van der Waals surface area (Å²) in [6, 6.07) is 5.10. The Balaban J connectivity index is 3.20. The molecule has 1 aromatic carbocycles. The van der Waals surface area contributed by atoms with E-state index in [0.29, 0.717) is 12.4 Å². The van der Waals surface area contributed by atoms with Gasteiger partial charge < -0.3 is 9.47 Å². The highest BCUT2D eigenvalue weighted by molar-refractivity contribution is 9.10. The molecule has 0 heterocycles. The summed E-state index contributed by atoms with van der Waals surface area (Å²) in [4.78, 5) is 13.8. The van der Waals surface area contributed by atoms with Crippen LogP contribution < -0.4 is 4.74 Å². The number of halogens is 1. The number of ether oxygens (including phenoxy) is 2. The molecule has 100 valence electrons. The zero-order valence-corrected chi connectivity index (χ0v) is 12.7. The van der Waals surface area contributed by atoms with E-state index in [-0.39, 0.29) is 5.97 Å². The molecule has 0 saturated carbocycles. The Morgan fingerprint density at radius 1 is 1.44 bits per heavy atom. The van der Waals surface area contributed by atoms with Crippen molar-refractivity contribution >= 4 is 21.9 Å². The average Bonchev–Trinajstić information content (AvgIpc) is 2.29. The number of likely N-dealkylation sites (N-methyl/N-ethyl adjacent to an activating group) is 1. The van der Waals surface area contributed by atoms with E-state index < -0.39 is 6.04 Å². The van der Waals surface area contributed by atoms with Crippen LogP contribution in [0.25, 0.3) is 0 Å². The molecule has 0 saturated heterocycles. The van der Waals surface area contributed by atoms with Crippen LogP contribution in [0.5, 0.6) is 5.75 Å². The number of nitrogens with zero attached hydrogens (tertiary/aromatic N) is 1. The van der Waals surface area contributed by atoms with Crippen LogP contribution in [0.3, 0.4) is 0 Å². The first-order valence-corrected chi connectivity index (χ1v) is 6.47. The number of methoxy groups -OCH3 is 1. The summed E-state index contributed by atoms with van der Waals surface area (Å²) < 4.78 is 11.3. The maximum Gasteiger partial charge on any atom is 0.328 e. The molecule has 0 N–H and O–H groups in total. The number of hydrogen-bond donors (Lipinski definition) is 0. The van der Waals surface area contributed by atoms with Crippen molar-refractivity contribution in [1.82, 2.24) is 4.90 Å². The van der Waals surface area contributed by atoms with Crippen LogP contribution in [-0.4, -0.2) is 38.7 Å². The topological polar surface area (TPSA) is 38.8 Å². The van der Waals surface area contributed by atoms with Gasteiger partial charge in [-0.2, -0.15) is 0 Å². The van der Waals surface area contributed by atoms with Crippen molar-refractivity contribution < 1.29 is 14.3 Å². The lowest BCUT2D eigenvalue weighted by Crippen LogP contribution is -2.29. The second-order valence-electron chi connectivity index (χ2n) is 4.00. The van der Waals surface area contributed by atoms with E-state index in [4.69, 9.17) is 9.47 Å². The highest BCUT2D eigenvalue weighted by atomic mass is 79.9. The third-order valence-corrected chi connectivity index (χ3v) is 3.01. The van der Waals surface area contributed by atoms with E-state index >= 15 is 0 Å². The standard InChI is InChI=1S/C13H18BrNO3/c1-5-18-13(16)12(15(2)3)10-8-9(14)6-7-11(10)17-4/h6-8,12H,5H2,1-4H3. The van der Waals surface area contributed by atoms with Crippen LogP contribution in [0.1, 0.15) is 18.5 Å². The predicted molar refractivity (Wildman–Crippen MR) is 73.8 cm³/mol. The van der Waals surface area contributed by atoms with Crippen LogP contribution in [0, 0.1) is 0 Å². The molecule has 0 aliphatic rings. The number of benzene rings is 1. The molecule has 0 bridgehead atoms. The van der Waals surface area contributed by atoms with Gasteiger partial charge in [-0.15, -0.1) is 0 Å². The third-order valence-electron chi connectivity index (χ3n) is 2.51. The normalized spacial score (nSPS) is 12.3. The Morgan fingerprint density at radius 3 is 2.61 bits per heavy atom. The summed E-state index contributed by atoms with van der Waals surface area (Å²) in [7, 11) is 5.26. The summed E-state index contributed by atoms with van der Waals surface area (Å²) >= 11 is 3.40. The molecule has 5 heteroatoms. The minimum atomic E-state index is -0.475. The Hall–Kier alpha value is -1.07. The van der Waals surface area contributed by atoms with Crippen molar-refractivity contribution in [3.8, 4) is 5.75 Å². The van der Waals surface area contributed by atoms with Crippen molar-refractivity contribution in [3.05, 3.63) is 28.2 Å². The zero-order chi connectivity index (χ0) is 13.7. The van der Waals surface area contributed by atoms with Gasteiger partial charge in [0, 0.05) is 10.0 Å². The van der Waals surface area contributed by atoms with Crippen LogP contribution >= 0.6 is 15.9 Å². The lowest BCUT2D eigenvalue weighted by atomic mass is 10.0. The maximum absolute atomic E-state index is 12.0. The average molecular weight is 316 g/mol. The predicted octanol–water partition coefficient (Wildman–Crippen LogP) is 2.62. The first-order chi connectivity index (χ1) is 8.51. The number of carbonyl (C=O) groups excluding carboxylic acids is 1. The fourth-order valence-corrected chi connectivity index (χ4v) is 2.13. The zero-order valence-electron chi connectivity index (χ0n) is 11.1. The SMILES string of the molecule is CCOC(=O)C(c1cc(Br)ccc1OC)N(C)C. The van der Waals surface area contributed by atoms with Crippen LogP contribution in [0.4, 0.5) is 0 Å². The number of hydrogen-bond acceptors (Lipinski definition) is 4. The molecule has 4 nitrogen and oxygen atoms in total. The quantitative estimate of drug-likeness (QED) is 0.783. The summed E-state index contributed by atoms with van der Waals surface area (Å²) in [6.45, 7) is 2.16. The van der Waals surface area contributed by atoms with Crippen LogP contribution in [-0.2, 0) is 9.53 Å². The second-order valence-corrected chi connectivity index (χ2v) is 4.92. The lowest BCUT2D eigenvalue weighted by molar-refractivity contribution is -0.148. The van der Waals surface area contributed by atoms with Crippen LogP contribution in [0.15, 0.2) is 22.7 Å². The van der Waals surface area contributed by atoms with Gasteiger partial charge in [0.05, 0.1) is 13.7 Å². The van der Waals surface area contributed by atoms with Gasteiger partial charge in [-0.1, -0.05) is 15.9 Å². The molecule has 0 fully saturated rings. The maximum atomic E-state index is 12.0. The molecule has 0 aliphatic carbocycles. The molecule has 0 spiro atoms. The largest absolute Gasteiger partial charge is 0.496 e. The van der Waals surface area contributed by atoms with E-state index in [2.05, 4.69) is 15.9 Å². The summed E-state index contributed by atoms with van der Waals surface area (Å²) in [6.07, 6.45) is 0. The molecule has 0 aliphatic heterocycles. The van der Waals surface area contributed by atoms with Crippen molar-refractivity contribution in [2.75, 3.05) is 27.8 Å². The summed E-state index contributed by atoms with van der Waals surface area (Å²) in [5.41, 5.74) is 0.787. The Morgan fingerprint density at radius 2 is 2.11 bits per heavy atom. The molecule has 1 unspecified atom stereocenters. The van der Waals surface area contributed by atoms with Gasteiger partial charge in [0.15, 0.2) is 0 Å². The second kappa shape index (κ2) is 6.75. The highest BCUT2D eigenvalue weighted by Gasteiger charge is 2.27. The van der Waals surface area contributed by atoms with E-state index in [9.17, 15) is 4.79 Å². The summed E-state index contributed by atoms with van der Waals surface area (Å²) in [5, 5.41) is 0. The Kier molecular flexibility index (Phi) is 5.62. The molecule has 1 atom stereocenters. The molecule has 1 aromatic rings. The number of esters is 1. The number of rotatable bonds is 5. The van der Waals surface area contributed by atoms with Crippen molar-refractivity contribution in [3.63, 3.8) is 0 Å².